The Morgan fingerprint density at radius 3 is 2.62 bits per heavy atom. The fraction of sp³-hybridized carbons (Fsp3) is 0.571. The maximum atomic E-state index is 13.7. The summed E-state index contributed by atoms with van der Waals surface area (Å²) in [5, 5.41) is 0. The second-order valence-electron chi connectivity index (χ2n) is 5.47. The number of hydrogen-bond donors (Lipinski definition) is 1. The van der Waals surface area contributed by atoms with Gasteiger partial charge in [0, 0.05) is 38.1 Å². The van der Waals surface area contributed by atoms with Gasteiger partial charge in [0.2, 0.25) is 10.0 Å². The first-order valence-electron chi connectivity index (χ1n) is 6.92. The predicted molar refractivity (Wildman–Crippen MR) is 78.9 cm³/mol. The van der Waals surface area contributed by atoms with Gasteiger partial charge in [-0.15, -0.1) is 0 Å². The van der Waals surface area contributed by atoms with E-state index in [1.165, 1.54) is 24.3 Å². The molecule has 0 bridgehead atoms. The normalized spacial score (nSPS) is 17.3. The van der Waals surface area contributed by atoms with E-state index in [9.17, 15) is 12.8 Å². The van der Waals surface area contributed by atoms with Crippen molar-refractivity contribution in [1.29, 1.82) is 0 Å². The molecular formula is C14H21FN2O3S. The monoisotopic (exact) mass is 316 g/mol. The second-order valence-corrected chi connectivity index (χ2v) is 7.48. The van der Waals surface area contributed by atoms with Crippen LogP contribution < -0.4 is 5.73 Å². The van der Waals surface area contributed by atoms with Crippen LogP contribution in [0.2, 0.25) is 0 Å². The van der Waals surface area contributed by atoms with E-state index in [1.807, 2.05) is 0 Å². The molecule has 0 saturated carbocycles. The molecule has 2 N–H and O–H groups in total. The van der Waals surface area contributed by atoms with Crippen LogP contribution in [0.25, 0.3) is 0 Å². The zero-order valence-corrected chi connectivity index (χ0v) is 13.1. The van der Waals surface area contributed by atoms with Gasteiger partial charge in [-0.3, -0.25) is 0 Å². The SMILES string of the molecule is Cc1c(F)cc(N)cc1S(=O)(=O)N(C)CC1CCOCC1. The van der Waals surface area contributed by atoms with Gasteiger partial charge < -0.3 is 10.5 Å². The molecule has 0 amide bonds. The Bertz CT molecular complexity index is 613. The molecule has 0 spiro atoms. The standard InChI is InChI=1S/C14H21FN2O3S/c1-10-13(15)7-12(16)8-14(10)21(18,19)17(2)9-11-3-5-20-6-4-11/h7-8,11H,3-6,9,16H2,1-2H3. The molecule has 1 aliphatic rings. The van der Waals surface area contributed by atoms with Crippen molar-refractivity contribution in [2.75, 3.05) is 32.5 Å². The lowest BCUT2D eigenvalue weighted by atomic mass is 10.0. The molecule has 21 heavy (non-hydrogen) atoms. The summed E-state index contributed by atoms with van der Waals surface area (Å²) in [6, 6.07) is 2.45. The lowest BCUT2D eigenvalue weighted by Crippen LogP contribution is -2.34. The summed E-state index contributed by atoms with van der Waals surface area (Å²) >= 11 is 0. The Kier molecular flexibility index (Phi) is 4.85. The summed E-state index contributed by atoms with van der Waals surface area (Å²) < 4.78 is 45.5. The molecule has 0 unspecified atom stereocenters. The number of halogens is 1. The average molecular weight is 316 g/mol. The first-order valence-corrected chi connectivity index (χ1v) is 8.36. The third kappa shape index (κ3) is 3.53. The number of ether oxygens (including phenoxy) is 1. The molecule has 0 radical (unpaired) electrons. The van der Waals surface area contributed by atoms with Crippen LogP contribution in [-0.4, -0.2) is 39.5 Å². The highest BCUT2D eigenvalue weighted by Gasteiger charge is 2.27. The minimum Gasteiger partial charge on any atom is -0.399 e. The van der Waals surface area contributed by atoms with E-state index in [4.69, 9.17) is 10.5 Å². The molecular weight excluding hydrogens is 295 g/mol. The second kappa shape index (κ2) is 6.29. The first-order chi connectivity index (χ1) is 9.82. The third-order valence-electron chi connectivity index (χ3n) is 3.86. The van der Waals surface area contributed by atoms with Crippen molar-refractivity contribution in [2.24, 2.45) is 5.92 Å². The van der Waals surface area contributed by atoms with E-state index in [1.54, 1.807) is 0 Å². The Morgan fingerprint density at radius 1 is 1.38 bits per heavy atom. The Hall–Kier alpha value is -1.18. The number of nitrogens with zero attached hydrogens (tertiary/aromatic N) is 1. The predicted octanol–water partition coefficient (Wildman–Crippen LogP) is 1.76. The number of rotatable bonds is 4. The quantitative estimate of drug-likeness (QED) is 0.859. The molecule has 5 nitrogen and oxygen atoms in total. The van der Waals surface area contributed by atoms with Crippen LogP contribution >= 0.6 is 0 Å². The van der Waals surface area contributed by atoms with Crippen LogP contribution in [0, 0.1) is 18.7 Å². The van der Waals surface area contributed by atoms with Crippen LogP contribution in [0.4, 0.5) is 10.1 Å². The molecule has 1 aliphatic heterocycles. The van der Waals surface area contributed by atoms with E-state index in [0.29, 0.717) is 19.8 Å². The lowest BCUT2D eigenvalue weighted by molar-refractivity contribution is 0.0620. The number of sulfonamides is 1. The van der Waals surface area contributed by atoms with E-state index in [2.05, 4.69) is 0 Å². The van der Waals surface area contributed by atoms with Gasteiger partial charge in [0.25, 0.3) is 0 Å². The zero-order valence-electron chi connectivity index (χ0n) is 12.3. The molecule has 118 valence electrons. The van der Waals surface area contributed by atoms with E-state index >= 15 is 0 Å². The number of nitrogen functional groups attached to an aromatic ring is 1. The molecule has 2 rings (SSSR count). The highest BCUT2D eigenvalue weighted by Crippen LogP contribution is 2.26. The highest BCUT2D eigenvalue weighted by atomic mass is 32.2. The number of benzene rings is 1. The van der Waals surface area contributed by atoms with E-state index in [0.717, 1.165) is 18.9 Å². The number of anilines is 1. The van der Waals surface area contributed by atoms with Gasteiger partial charge in [-0.05, 0) is 37.8 Å². The molecule has 7 heteroatoms. The Morgan fingerprint density at radius 2 is 2.00 bits per heavy atom. The Balaban J connectivity index is 2.24. The highest BCUT2D eigenvalue weighted by molar-refractivity contribution is 7.89. The van der Waals surface area contributed by atoms with Gasteiger partial charge in [0.05, 0.1) is 4.90 Å². The summed E-state index contributed by atoms with van der Waals surface area (Å²) in [5.74, 6) is -0.335. The van der Waals surface area contributed by atoms with E-state index in [-0.39, 0.29) is 22.1 Å². The minimum absolute atomic E-state index is 0.0606. The van der Waals surface area contributed by atoms with Crippen molar-refractivity contribution in [3.63, 3.8) is 0 Å². The third-order valence-corrected chi connectivity index (χ3v) is 5.81. The molecule has 1 aromatic rings. The molecule has 0 aromatic heterocycles. The van der Waals surface area contributed by atoms with Gasteiger partial charge >= 0.3 is 0 Å². The largest absolute Gasteiger partial charge is 0.399 e. The summed E-state index contributed by atoms with van der Waals surface area (Å²) in [6.07, 6.45) is 1.67. The lowest BCUT2D eigenvalue weighted by Gasteiger charge is -2.27. The van der Waals surface area contributed by atoms with Crippen LogP contribution in [0.3, 0.4) is 0 Å². The first kappa shape index (κ1) is 16.2. The van der Waals surface area contributed by atoms with Gasteiger partial charge in [-0.25, -0.2) is 17.1 Å². The van der Waals surface area contributed by atoms with Gasteiger partial charge in [0.15, 0.2) is 0 Å². The summed E-state index contributed by atoms with van der Waals surface area (Å²) in [5.41, 5.74) is 5.78. The van der Waals surface area contributed by atoms with Gasteiger partial charge in [-0.1, -0.05) is 0 Å². The van der Waals surface area contributed by atoms with Crippen LogP contribution in [0.15, 0.2) is 17.0 Å². The molecule has 0 atom stereocenters. The molecule has 1 aromatic carbocycles. The van der Waals surface area contributed by atoms with Gasteiger partial charge in [-0.2, -0.15) is 0 Å². The van der Waals surface area contributed by atoms with Crippen molar-refractivity contribution >= 4 is 15.7 Å². The fourth-order valence-electron chi connectivity index (χ4n) is 2.50. The van der Waals surface area contributed by atoms with Crippen molar-refractivity contribution in [3.05, 3.63) is 23.5 Å². The fourth-order valence-corrected chi connectivity index (χ4v) is 4.01. The van der Waals surface area contributed by atoms with Crippen molar-refractivity contribution in [1.82, 2.24) is 4.31 Å². The van der Waals surface area contributed by atoms with Crippen molar-refractivity contribution in [2.45, 2.75) is 24.7 Å². The van der Waals surface area contributed by atoms with Gasteiger partial charge in [0.1, 0.15) is 5.82 Å². The molecule has 0 aliphatic carbocycles. The van der Waals surface area contributed by atoms with Crippen LogP contribution in [0.1, 0.15) is 18.4 Å². The molecule has 1 fully saturated rings. The zero-order chi connectivity index (χ0) is 15.6. The maximum absolute atomic E-state index is 13.7. The number of hydrogen-bond acceptors (Lipinski definition) is 4. The van der Waals surface area contributed by atoms with Crippen LogP contribution in [0.5, 0.6) is 0 Å². The minimum atomic E-state index is -3.74. The van der Waals surface area contributed by atoms with Crippen LogP contribution in [-0.2, 0) is 14.8 Å². The topological polar surface area (TPSA) is 72.6 Å². The smallest absolute Gasteiger partial charge is 0.243 e. The van der Waals surface area contributed by atoms with Crippen molar-refractivity contribution in [3.8, 4) is 0 Å². The number of nitrogens with two attached hydrogens (primary N) is 1. The summed E-state index contributed by atoms with van der Waals surface area (Å²) in [4.78, 5) is -0.0606. The average Bonchev–Trinajstić information content (AvgIpc) is 2.43. The van der Waals surface area contributed by atoms with E-state index < -0.39 is 15.8 Å². The summed E-state index contributed by atoms with van der Waals surface area (Å²) in [7, 11) is -2.22. The Labute approximate surface area is 124 Å². The molecule has 1 heterocycles. The molecule has 1 saturated heterocycles. The van der Waals surface area contributed by atoms with Crippen molar-refractivity contribution < 1.29 is 17.5 Å². The summed E-state index contributed by atoms with van der Waals surface area (Å²) in [6.45, 7) is 3.17. The maximum Gasteiger partial charge on any atom is 0.243 e.